The van der Waals surface area contributed by atoms with Gasteiger partial charge >= 0.3 is 0 Å². The number of allylic oxidation sites excluding steroid dienone is 1. The Morgan fingerprint density at radius 2 is 2.19 bits per heavy atom. The zero-order valence-electron chi connectivity index (χ0n) is 9.04. The van der Waals surface area contributed by atoms with Crippen LogP contribution in [0.15, 0.2) is 55.6 Å². The maximum absolute atomic E-state index is 11.6. The number of hydrogen-bond acceptors (Lipinski definition) is 1. The lowest BCUT2D eigenvalue weighted by Gasteiger charge is -2.07. The minimum Gasteiger partial charge on any atom is -0.870 e. The highest BCUT2D eigenvalue weighted by atomic mass is 16.3. The summed E-state index contributed by atoms with van der Waals surface area (Å²) in [4.78, 5) is 0. The number of imidazole rings is 1. The van der Waals surface area contributed by atoms with Gasteiger partial charge in [0.05, 0.1) is 6.54 Å². The molecule has 0 amide bonds. The molecule has 1 aromatic heterocycles. The second-order valence-electron chi connectivity index (χ2n) is 3.60. The largest absolute Gasteiger partial charge is 0.870 e. The molecule has 0 fully saturated rings. The summed E-state index contributed by atoms with van der Waals surface area (Å²) in [6.07, 6.45) is 8.57. The Kier molecular flexibility index (Phi) is 3.05. The number of hydrogen-bond donors (Lipinski definition) is 0. The summed E-state index contributed by atoms with van der Waals surface area (Å²) < 4.78 is 3.87. The standard InChI is InChI=1S/C13H14N2O/c1-2-3-8-14-9-10-15(11-14)12-6-4-5-7-13(12)16/h2,4-7,9-11H,1,3,8H2. The van der Waals surface area contributed by atoms with Gasteiger partial charge < -0.3 is 5.11 Å². The molecule has 1 heterocycles. The fraction of sp³-hybridized carbons (Fsp3) is 0.154. The molecule has 3 heteroatoms. The van der Waals surface area contributed by atoms with Crippen LogP contribution in [0.3, 0.4) is 0 Å². The fourth-order valence-electron chi connectivity index (χ4n) is 1.58. The van der Waals surface area contributed by atoms with Crippen molar-refractivity contribution in [3.63, 3.8) is 0 Å². The molecule has 3 nitrogen and oxygen atoms in total. The van der Waals surface area contributed by atoms with Crippen molar-refractivity contribution in [2.24, 2.45) is 0 Å². The van der Waals surface area contributed by atoms with Gasteiger partial charge in [-0.05, 0) is 6.07 Å². The molecule has 0 N–H and O–H groups in total. The molecule has 0 aliphatic carbocycles. The molecule has 0 aliphatic heterocycles. The predicted molar refractivity (Wildman–Crippen MR) is 60.2 cm³/mol. The van der Waals surface area contributed by atoms with E-state index in [2.05, 4.69) is 6.58 Å². The molecule has 0 saturated carbocycles. The molecule has 82 valence electrons. The molecule has 0 radical (unpaired) electrons. The van der Waals surface area contributed by atoms with Gasteiger partial charge in [-0.1, -0.05) is 30.0 Å². The minimum absolute atomic E-state index is 0.0361. The van der Waals surface area contributed by atoms with Crippen molar-refractivity contribution in [3.8, 4) is 11.4 Å². The lowest BCUT2D eigenvalue weighted by molar-refractivity contribution is -0.695. The second-order valence-corrected chi connectivity index (χ2v) is 3.60. The molecule has 0 aliphatic rings. The highest BCUT2D eigenvalue weighted by Crippen LogP contribution is 2.16. The average molecular weight is 214 g/mol. The first-order valence-electron chi connectivity index (χ1n) is 5.25. The first kappa shape index (κ1) is 10.5. The van der Waals surface area contributed by atoms with Crippen LogP contribution >= 0.6 is 0 Å². The average Bonchev–Trinajstić information content (AvgIpc) is 2.75. The lowest BCUT2D eigenvalue weighted by atomic mass is 10.3. The Labute approximate surface area is 94.9 Å². The van der Waals surface area contributed by atoms with Crippen LogP contribution in [0.2, 0.25) is 0 Å². The van der Waals surface area contributed by atoms with Crippen LogP contribution in [0.5, 0.6) is 5.75 Å². The Morgan fingerprint density at radius 1 is 1.38 bits per heavy atom. The van der Waals surface area contributed by atoms with E-state index in [-0.39, 0.29) is 5.75 Å². The predicted octanol–water partition coefficient (Wildman–Crippen LogP) is 1.41. The quantitative estimate of drug-likeness (QED) is 0.559. The summed E-state index contributed by atoms with van der Waals surface area (Å²) in [5, 5.41) is 11.6. The fourth-order valence-corrected chi connectivity index (χ4v) is 1.58. The van der Waals surface area contributed by atoms with Gasteiger partial charge in [0.25, 0.3) is 0 Å². The highest BCUT2D eigenvalue weighted by Gasteiger charge is 2.05. The number of aryl methyl sites for hydroxylation is 1. The van der Waals surface area contributed by atoms with Gasteiger partial charge in [0.1, 0.15) is 18.1 Å². The van der Waals surface area contributed by atoms with Crippen molar-refractivity contribution in [2.45, 2.75) is 13.0 Å². The number of benzene rings is 1. The molecule has 16 heavy (non-hydrogen) atoms. The van der Waals surface area contributed by atoms with Gasteiger partial charge in [-0.3, -0.25) is 0 Å². The maximum Gasteiger partial charge on any atom is 0.248 e. The summed E-state index contributed by atoms with van der Waals surface area (Å²) in [5.74, 6) is 0.0361. The van der Waals surface area contributed by atoms with E-state index in [1.54, 1.807) is 12.1 Å². The molecule has 2 aromatic rings. The van der Waals surface area contributed by atoms with E-state index in [9.17, 15) is 5.11 Å². The smallest absolute Gasteiger partial charge is 0.248 e. The van der Waals surface area contributed by atoms with Crippen LogP contribution in [0.25, 0.3) is 5.69 Å². The van der Waals surface area contributed by atoms with Crippen molar-refractivity contribution in [2.75, 3.05) is 0 Å². The molecule has 0 unspecified atom stereocenters. The highest BCUT2D eigenvalue weighted by molar-refractivity contribution is 5.43. The zero-order chi connectivity index (χ0) is 11.4. The van der Waals surface area contributed by atoms with E-state index >= 15 is 0 Å². The number of rotatable bonds is 4. The van der Waals surface area contributed by atoms with Crippen LogP contribution in [-0.2, 0) is 6.54 Å². The third-order valence-corrected chi connectivity index (χ3v) is 2.43. The maximum atomic E-state index is 11.6. The molecule has 0 atom stereocenters. The lowest BCUT2D eigenvalue weighted by Crippen LogP contribution is -2.30. The molecule has 1 aromatic carbocycles. The number of para-hydroxylation sites is 2. The molecule has 0 bridgehead atoms. The number of nitrogens with zero attached hydrogens (tertiary/aromatic N) is 2. The molecular weight excluding hydrogens is 200 g/mol. The van der Waals surface area contributed by atoms with Gasteiger partial charge in [0.2, 0.25) is 6.33 Å². The van der Waals surface area contributed by atoms with Crippen LogP contribution in [0, 0.1) is 0 Å². The van der Waals surface area contributed by atoms with E-state index in [1.165, 1.54) is 0 Å². The monoisotopic (exact) mass is 214 g/mol. The third kappa shape index (κ3) is 2.14. The van der Waals surface area contributed by atoms with Gasteiger partial charge in [-0.2, -0.15) is 0 Å². The van der Waals surface area contributed by atoms with Gasteiger partial charge in [0, 0.05) is 6.42 Å². The SMILES string of the molecule is C=CCC[n+]1ccn(-c2ccccc2[O-])c1. The molecule has 0 saturated heterocycles. The first-order valence-corrected chi connectivity index (χ1v) is 5.25. The van der Waals surface area contributed by atoms with Crippen molar-refractivity contribution < 1.29 is 9.67 Å². The zero-order valence-corrected chi connectivity index (χ0v) is 9.04. The first-order chi connectivity index (χ1) is 7.81. The van der Waals surface area contributed by atoms with Crippen molar-refractivity contribution in [3.05, 3.63) is 55.6 Å². The van der Waals surface area contributed by atoms with Crippen molar-refractivity contribution in [1.29, 1.82) is 0 Å². The summed E-state index contributed by atoms with van der Waals surface area (Å²) in [6, 6.07) is 7.01. The minimum atomic E-state index is 0.0361. The Balaban J connectivity index is 2.25. The number of aromatic nitrogens is 2. The van der Waals surface area contributed by atoms with E-state index in [0.29, 0.717) is 5.69 Å². The van der Waals surface area contributed by atoms with Crippen LogP contribution < -0.4 is 9.67 Å². The van der Waals surface area contributed by atoms with Crippen LogP contribution in [0.4, 0.5) is 0 Å². The molecular formula is C13H14N2O. The van der Waals surface area contributed by atoms with E-state index < -0.39 is 0 Å². The third-order valence-electron chi connectivity index (χ3n) is 2.43. The second kappa shape index (κ2) is 4.66. The normalized spacial score (nSPS) is 10.2. The van der Waals surface area contributed by atoms with E-state index in [4.69, 9.17) is 0 Å². The molecule has 0 spiro atoms. The van der Waals surface area contributed by atoms with Crippen molar-refractivity contribution in [1.82, 2.24) is 4.57 Å². The summed E-state index contributed by atoms with van der Waals surface area (Å²) in [6.45, 7) is 4.57. The van der Waals surface area contributed by atoms with Gasteiger partial charge in [0.15, 0.2) is 0 Å². The van der Waals surface area contributed by atoms with Gasteiger partial charge in [-0.25, -0.2) is 9.13 Å². The van der Waals surface area contributed by atoms with Crippen molar-refractivity contribution >= 4 is 0 Å². The Morgan fingerprint density at radius 3 is 2.94 bits per heavy atom. The summed E-state index contributed by atoms with van der Waals surface area (Å²) in [7, 11) is 0. The van der Waals surface area contributed by atoms with Crippen LogP contribution in [-0.4, -0.2) is 4.57 Å². The summed E-state index contributed by atoms with van der Waals surface area (Å²) >= 11 is 0. The Bertz CT molecular complexity index is 488. The Hall–Kier alpha value is -2.03. The van der Waals surface area contributed by atoms with Gasteiger partial charge in [-0.15, -0.1) is 6.58 Å². The van der Waals surface area contributed by atoms with Crippen LogP contribution in [0.1, 0.15) is 6.42 Å². The molecule has 2 rings (SSSR count). The van der Waals surface area contributed by atoms with E-state index in [1.807, 2.05) is 46.1 Å². The summed E-state index contributed by atoms with van der Waals surface area (Å²) in [5.41, 5.74) is 0.680. The topological polar surface area (TPSA) is 31.9 Å². The van der Waals surface area contributed by atoms with E-state index in [0.717, 1.165) is 13.0 Å².